The largest absolute Gasteiger partial charge is 0.352 e. The predicted molar refractivity (Wildman–Crippen MR) is 88.6 cm³/mol. The number of carbonyl (C=O) groups is 2. The molecule has 23 heavy (non-hydrogen) atoms. The van der Waals surface area contributed by atoms with E-state index in [0.29, 0.717) is 12.5 Å². The minimum Gasteiger partial charge on any atom is -0.352 e. The van der Waals surface area contributed by atoms with Crippen LogP contribution < -0.4 is 10.6 Å². The van der Waals surface area contributed by atoms with Gasteiger partial charge in [0.2, 0.25) is 11.8 Å². The zero-order valence-electron chi connectivity index (χ0n) is 14.1. The van der Waals surface area contributed by atoms with Crippen molar-refractivity contribution in [2.24, 2.45) is 23.2 Å². The van der Waals surface area contributed by atoms with Gasteiger partial charge in [-0.25, -0.2) is 0 Å². The topological polar surface area (TPSA) is 58.2 Å². The molecule has 0 heterocycles. The molecule has 4 heteroatoms. The van der Waals surface area contributed by atoms with Crippen molar-refractivity contribution < 1.29 is 9.59 Å². The maximum absolute atomic E-state index is 12.4. The van der Waals surface area contributed by atoms with E-state index in [-0.39, 0.29) is 23.8 Å². The van der Waals surface area contributed by atoms with Crippen molar-refractivity contribution in [3.05, 3.63) is 0 Å². The average Bonchev–Trinajstić information content (AvgIpc) is 2.96. The first kappa shape index (κ1) is 15.5. The van der Waals surface area contributed by atoms with Crippen LogP contribution in [-0.2, 0) is 9.59 Å². The predicted octanol–water partition coefficient (Wildman–Crippen LogP) is 2.77. The van der Waals surface area contributed by atoms with Crippen molar-refractivity contribution in [2.45, 2.75) is 76.7 Å². The van der Waals surface area contributed by atoms with Crippen LogP contribution in [0.5, 0.6) is 0 Å². The fourth-order valence-corrected chi connectivity index (χ4v) is 6.44. The Balaban J connectivity index is 1.24. The Kier molecular flexibility index (Phi) is 4.10. The van der Waals surface area contributed by atoms with Gasteiger partial charge < -0.3 is 10.6 Å². The summed E-state index contributed by atoms with van der Waals surface area (Å²) in [5.41, 5.74) is 0.265. The van der Waals surface area contributed by atoms with Crippen molar-refractivity contribution >= 4 is 11.8 Å². The van der Waals surface area contributed by atoms with Crippen LogP contribution in [-0.4, -0.2) is 24.4 Å². The second kappa shape index (κ2) is 6.10. The van der Waals surface area contributed by atoms with Crippen LogP contribution in [0, 0.1) is 23.2 Å². The van der Waals surface area contributed by atoms with Crippen molar-refractivity contribution in [3.8, 4) is 0 Å². The van der Waals surface area contributed by atoms with E-state index in [2.05, 4.69) is 10.6 Å². The summed E-state index contributed by atoms with van der Waals surface area (Å²) in [4.78, 5) is 24.3. The summed E-state index contributed by atoms with van der Waals surface area (Å²) >= 11 is 0. The van der Waals surface area contributed by atoms with Gasteiger partial charge >= 0.3 is 0 Å². The standard InChI is InChI=1S/C19H30N2O2/c22-17(20-12-18(23)21-16-3-1-2-4-16)11-19-8-13-5-14(9-19)7-15(6-13)10-19/h13-16H,1-12H2,(H,20,22)(H,21,23). The van der Waals surface area contributed by atoms with Crippen LogP contribution in [0.4, 0.5) is 0 Å². The van der Waals surface area contributed by atoms with Gasteiger partial charge in [-0.05, 0) is 74.5 Å². The van der Waals surface area contributed by atoms with Gasteiger partial charge in [0, 0.05) is 12.5 Å². The fraction of sp³-hybridized carbons (Fsp3) is 0.895. The molecule has 0 aromatic heterocycles. The van der Waals surface area contributed by atoms with E-state index < -0.39 is 0 Å². The molecule has 2 N–H and O–H groups in total. The smallest absolute Gasteiger partial charge is 0.239 e. The number of amides is 2. The summed E-state index contributed by atoms with van der Waals surface area (Å²) in [5.74, 6) is 2.70. The van der Waals surface area contributed by atoms with E-state index in [0.717, 1.165) is 30.6 Å². The fourth-order valence-electron chi connectivity index (χ4n) is 6.44. The summed E-state index contributed by atoms with van der Waals surface area (Å²) in [6.07, 6.45) is 13.2. The molecule has 0 aliphatic heterocycles. The van der Waals surface area contributed by atoms with Crippen molar-refractivity contribution in [3.63, 3.8) is 0 Å². The van der Waals surface area contributed by atoms with E-state index in [4.69, 9.17) is 0 Å². The third-order valence-corrected chi connectivity index (χ3v) is 6.87. The Morgan fingerprint density at radius 3 is 2.00 bits per heavy atom. The van der Waals surface area contributed by atoms with Gasteiger partial charge in [-0.15, -0.1) is 0 Å². The SMILES string of the molecule is O=C(CC12CC3CC(CC(C3)C1)C2)NCC(=O)NC1CCCC1. The maximum Gasteiger partial charge on any atom is 0.239 e. The normalized spacial score (nSPS) is 38.7. The van der Waals surface area contributed by atoms with Crippen molar-refractivity contribution in [2.75, 3.05) is 6.54 Å². The first-order valence-corrected chi connectivity index (χ1v) is 9.66. The molecule has 0 radical (unpaired) electrons. The monoisotopic (exact) mass is 318 g/mol. The molecule has 0 saturated heterocycles. The molecule has 5 rings (SSSR count). The number of nitrogens with one attached hydrogen (secondary N) is 2. The zero-order chi connectivity index (χ0) is 15.9. The van der Waals surface area contributed by atoms with Gasteiger partial charge in [-0.1, -0.05) is 12.8 Å². The lowest BCUT2D eigenvalue weighted by Gasteiger charge is -2.56. The molecule has 0 atom stereocenters. The Hall–Kier alpha value is -1.06. The lowest BCUT2D eigenvalue weighted by Crippen LogP contribution is -2.48. The summed E-state index contributed by atoms with van der Waals surface area (Å²) in [6.45, 7) is 0.154. The van der Waals surface area contributed by atoms with Crippen molar-refractivity contribution in [1.29, 1.82) is 0 Å². The quantitative estimate of drug-likeness (QED) is 0.819. The second-order valence-corrected chi connectivity index (χ2v) is 8.92. The number of rotatable bonds is 5. The number of hydrogen-bond acceptors (Lipinski definition) is 2. The van der Waals surface area contributed by atoms with Crippen LogP contribution in [0.2, 0.25) is 0 Å². The Labute approximate surface area is 139 Å². The van der Waals surface area contributed by atoms with E-state index in [1.165, 1.54) is 51.4 Å². The lowest BCUT2D eigenvalue weighted by atomic mass is 9.49. The van der Waals surface area contributed by atoms with E-state index in [1.54, 1.807) is 0 Å². The van der Waals surface area contributed by atoms with Crippen molar-refractivity contribution in [1.82, 2.24) is 10.6 Å². The highest BCUT2D eigenvalue weighted by molar-refractivity contribution is 5.85. The maximum atomic E-state index is 12.4. The molecule has 4 bridgehead atoms. The summed E-state index contributed by atoms with van der Waals surface area (Å²) < 4.78 is 0. The first-order valence-electron chi connectivity index (χ1n) is 9.66. The number of hydrogen-bond donors (Lipinski definition) is 2. The van der Waals surface area contributed by atoms with Gasteiger partial charge in [0.05, 0.1) is 6.54 Å². The minimum absolute atomic E-state index is 0.0178. The highest BCUT2D eigenvalue weighted by Crippen LogP contribution is 2.61. The van der Waals surface area contributed by atoms with Crippen LogP contribution in [0.1, 0.15) is 70.6 Å². The molecule has 0 aromatic rings. The molecular weight excluding hydrogens is 288 g/mol. The zero-order valence-corrected chi connectivity index (χ0v) is 14.1. The molecule has 5 saturated carbocycles. The molecule has 5 fully saturated rings. The van der Waals surface area contributed by atoms with Crippen LogP contribution >= 0.6 is 0 Å². The molecular formula is C19H30N2O2. The highest BCUT2D eigenvalue weighted by atomic mass is 16.2. The molecule has 128 valence electrons. The van der Waals surface area contributed by atoms with Gasteiger partial charge in [-0.3, -0.25) is 9.59 Å². The Morgan fingerprint density at radius 2 is 1.43 bits per heavy atom. The van der Waals surface area contributed by atoms with Crippen LogP contribution in [0.15, 0.2) is 0 Å². The van der Waals surface area contributed by atoms with Crippen LogP contribution in [0.3, 0.4) is 0 Å². The molecule has 0 spiro atoms. The lowest BCUT2D eigenvalue weighted by molar-refractivity contribution is -0.132. The first-order chi connectivity index (χ1) is 11.1. The van der Waals surface area contributed by atoms with E-state index >= 15 is 0 Å². The second-order valence-electron chi connectivity index (χ2n) is 8.92. The third-order valence-electron chi connectivity index (χ3n) is 6.87. The molecule has 5 aliphatic carbocycles. The van der Waals surface area contributed by atoms with Crippen LogP contribution in [0.25, 0.3) is 0 Å². The van der Waals surface area contributed by atoms with E-state index in [9.17, 15) is 9.59 Å². The Morgan fingerprint density at radius 1 is 0.870 bits per heavy atom. The summed E-state index contributed by atoms with van der Waals surface area (Å²) in [7, 11) is 0. The third kappa shape index (κ3) is 3.41. The van der Waals surface area contributed by atoms with E-state index in [1.807, 2.05) is 0 Å². The molecule has 5 aliphatic rings. The molecule has 0 aromatic carbocycles. The van der Waals surface area contributed by atoms with Gasteiger partial charge in [-0.2, -0.15) is 0 Å². The summed E-state index contributed by atoms with van der Waals surface area (Å²) in [5, 5.41) is 5.92. The van der Waals surface area contributed by atoms with Gasteiger partial charge in [0.15, 0.2) is 0 Å². The Bertz CT molecular complexity index is 446. The average molecular weight is 318 g/mol. The summed E-state index contributed by atoms with van der Waals surface area (Å²) in [6, 6.07) is 0.336. The highest BCUT2D eigenvalue weighted by Gasteiger charge is 2.51. The van der Waals surface area contributed by atoms with Gasteiger partial charge in [0.1, 0.15) is 0 Å². The van der Waals surface area contributed by atoms with Gasteiger partial charge in [0.25, 0.3) is 0 Å². The molecule has 0 unspecified atom stereocenters. The molecule has 2 amide bonds. The number of carbonyl (C=O) groups excluding carboxylic acids is 2. The molecule has 4 nitrogen and oxygen atoms in total. The minimum atomic E-state index is -0.0178.